The minimum atomic E-state index is -0.189. The minimum Gasteiger partial charge on any atom is -0.381 e. The molecule has 0 aliphatic rings. The molecule has 0 aliphatic heterocycles. The van der Waals surface area contributed by atoms with Crippen molar-refractivity contribution < 1.29 is 4.39 Å². The SMILES string of the molecule is CCN(CC)CCc1ccc(NCc2cccc(F)c2)cc1. The summed E-state index contributed by atoms with van der Waals surface area (Å²) in [5, 5.41) is 3.33. The van der Waals surface area contributed by atoms with Crippen LogP contribution in [0.4, 0.5) is 10.1 Å². The van der Waals surface area contributed by atoms with E-state index in [0.29, 0.717) is 6.54 Å². The zero-order chi connectivity index (χ0) is 15.8. The molecule has 0 amide bonds. The summed E-state index contributed by atoms with van der Waals surface area (Å²) >= 11 is 0. The Morgan fingerprint density at radius 3 is 2.32 bits per heavy atom. The van der Waals surface area contributed by atoms with Crippen molar-refractivity contribution in [2.45, 2.75) is 26.8 Å². The number of hydrogen-bond acceptors (Lipinski definition) is 2. The molecular formula is C19H25FN2. The smallest absolute Gasteiger partial charge is 0.123 e. The highest BCUT2D eigenvalue weighted by Gasteiger charge is 2.01. The molecule has 0 atom stereocenters. The van der Waals surface area contributed by atoms with Gasteiger partial charge in [0.25, 0.3) is 0 Å². The van der Waals surface area contributed by atoms with E-state index in [1.54, 1.807) is 12.1 Å². The van der Waals surface area contributed by atoms with Gasteiger partial charge in [0.15, 0.2) is 0 Å². The lowest BCUT2D eigenvalue weighted by Crippen LogP contribution is -2.25. The van der Waals surface area contributed by atoms with Gasteiger partial charge in [-0.25, -0.2) is 4.39 Å². The Morgan fingerprint density at radius 2 is 1.68 bits per heavy atom. The highest BCUT2D eigenvalue weighted by atomic mass is 19.1. The van der Waals surface area contributed by atoms with Crippen LogP contribution in [-0.2, 0) is 13.0 Å². The lowest BCUT2D eigenvalue weighted by Gasteiger charge is -2.17. The van der Waals surface area contributed by atoms with Crippen LogP contribution >= 0.6 is 0 Å². The van der Waals surface area contributed by atoms with E-state index in [4.69, 9.17) is 0 Å². The number of rotatable bonds is 8. The molecule has 0 fully saturated rings. The summed E-state index contributed by atoms with van der Waals surface area (Å²) in [5.74, 6) is -0.189. The van der Waals surface area contributed by atoms with Crippen molar-refractivity contribution in [3.63, 3.8) is 0 Å². The second kappa shape index (κ2) is 8.54. The quantitative estimate of drug-likeness (QED) is 0.781. The predicted molar refractivity (Wildman–Crippen MR) is 91.7 cm³/mol. The zero-order valence-electron chi connectivity index (χ0n) is 13.5. The molecule has 0 aromatic heterocycles. The van der Waals surface area contributed by atoms with Crippen LogP contribution in [0.3, 0.4) is 0 Å². The highest BCUT2D eigenvalue weighted by Crippen LogP contribution is 2.12. The molecule has 0 heterocycles. The van der Waals surface area contributed by atoms with Crippen molar-refractivity contribution in [1.82, 2.24) is 4.90 Å². The Morgan fingerprint density at radius 1 is 0.955 bits per heavy atom. The summed E-state index contributed by atoms with van der Waals surface area (Å²) in [4.78, 5) is 2.43. The standard InChI is InChI=1S/C19H25FN2/c1-3-22(4-2)13-12-16-8-10-19(11-9-16)21-15-17-6-5-7-18(20)14-17/h5-11,14,21H,3-4,12-13,15H2,1-2H3. The summed E-state index contributed by atoms with van der Waals surface area (Å²) in [6.45, 7) is 8.33. The molecule has 22 heavy (non-hydrogen) atoms. The fourth-order valence-corrected chi connectivity index (χ4v) is 2.47. The van der Waals surface area contributed by atoms with E-state index in [0.717, 1.165) is 37.3 Å². The van der Waals surface area contributed by atoms with E-state index in [-0.39, 0.29) is 5.82 Å². The Labute approximate surface area is 133 Å². The molecule has 2 nitrogen and oxygen atoms in total. The van der Waals surface area contributed by atoms with Crippen molar-refractivity contribution >= 4 is 5.69 Å². The lowest BCUT2D eigenvalue weighted by atomic mass is 10.1. The average molecular weight is 300 g/mol. The molecule has 2 aromatic rings. The summed E-state index contributed by atoms with van der Waals surface area (Å²) in [5.41, 5.74) is 3.37. The number of nitrogens with one attached hydrogen (secondary N) is 1. The van der Waals surface area contributed by atoms with Gasteiger partial charge in [-0.3, -0.25) is 0 Å². The monoisotopic (exact) mass is 300 g/mol. The maximum absolute atomic E-state index is 13.1. The summed E-state index contributed by atoms with van der Waals surface area (Å²) in [7, 11) is 0. The van der Waals surface area contributed by atoms with Crippen LogP contribution in [0.15, 0.2) is 48.5 Å². The molecule has 0 aliphatic carbocycles. The van der Waals surface area contributed by atoms with E-state index >= 15 is 0 Å². The predicted octanol–water partition coefficient (Wildman–Crippen LogP) is 4.32. The van der Waals surface area contributed by atoms with Gasteiger partial charge < -0.3 is 10.2 Å². The van der Waals surface area contributed by atoms with Crippen molar-refractivity contribution in [2.75, 3.05) is 25.0 Å². The Bertz CT molecular complexity index is 562. The summed E-state index contributed by atoms with van der Waals surface area (Å²) in [6, 6.07) is 15.2. The first-order valence-electron chi connectivity index (χ1n) is 8.01. The van der Waals surface area contributed by atoms with E-state index < -0.39 is 0 Å². The van der Waals surface area contributed by atoms with E-state index in [1.165, 1.54) is 11.6 Å². The van der Waals surface area contributed by atoms with Crippen LogP contribution in [0.25, 0.3) is 0 Å². The Kier molecular flexibility index (Phi) is 6.41. The minimum absolute atomic E-state index is 0.189. The number of benzene rings is 2. The van der Waals surface area contributed by atoms with Crippen LogP contribution in [0, 0.1) is 5.82 Å². The molecule has 0 saturated carbocycles. The lowest BCUT2D eigenvalue weighted by molar-refractivity contribution is 0.308. The third-order valence-corrected chi connectivity index (χ3v) is 3.95. The number of halogens is 1. The number of anilines is 1. The van der Waals surface area contributed by atoms with Gasteiger partial charge in [0.2, 0.25) is 0 Å². The maximum Gasteiger partial charge on any atom is 0.123 e. The number of hydrogen-bond donors (Lipinski definition) is 1. The van der Waals surface area contributed by atoms with Crippen LogP contribution < -0.4 is 5.32 Å². The van der Waals surface area contributed by atoms with Gasteiger partial charge in [-0.2, -0.15) is 0 Å². The molecule has 0 saturated heterocycles. The van der Waals surface area contributed by atoms with Crippen molar-refractivity contribution in [2.24, 2.45) is 0 Å². The zero-order valence-corrected chi connectivity index (χ0v) is 13.5. The Hall–Kier alpha value is -1.87. The molecule has 0 spiro atoms. The third kappa shape index (κ3) is 5.15. The topological polar surface area (TPSA) is 15.3 Å². The van der Waals surface area contributed by atoms with Gasteiger partial charge in [-0.1, -0.05) is 38.1 Å². The second-order valence-corrected chi connectivity index (χ2v) is 5.46. The Balaban J connectivity index is 1.84. The third-order valence-electron chi connectivity index (χ3n) is 3.95. The van der Waals surface area contributed by atoms with Crippen molar-refractivity contribution in [1.29, 1.82) is 0 Å². The summed E-state index contributed by atoms with van der Waals surface area (Å²) in [6.07, 6.45) is 1.08. The molecule has 0 bridgehead atoms. The maximum atomic E-state index is 13.1. The average Bonchev–Trinajstić information content (AvgIpc) is 2.55. The highest BCUT2D eigenvalue weighted by molar-refractivity contribution is 5.45. The molecule has 3 heteroatoms. The van der Waals surface area contributed by atoms with Gasteiger partial charge in [0.1, 0.15) is 5.82 Å². The normalized spacial score (nSPS) is 10.9. The molecular weight excluding hydrogens is 275 g/mol. The van der Waals surface area contributed by atoms with E-state index in [9.17, 15) is 4.39 Å². The van der Waals surface area contributed by atoms with Crippen molar-refractivity contribution in [3.05, 3.63) is 65.5 Å². The molecule has 118 valence electrons. The van der Waals surface area contributed by atoms with Gasteiger partial charge in [-0.15, -0.1) is 0 Å². The van der Waals surface area contributed by atoms with Crippen LogP contribution in [-0.4, -0.2) is 24.5 Å². The molecule has 0 radical (unpaired) electrons. The number of likely N-dealkylation sites (N-methyl/N-ethyl adjacent to an activating group) is 1. The first-order valence-corrected chi connectivity index (χ1v) is 8.01. The number of nitrogens with zero attached hydrogens (tertiary/aromatic N) is 1. The molecule has 2 rings (SSSR count). The van der Waals surface area contributed by atoms with Crippen LogP contribution in [0.1, 0.15) is 25.0 Å². The van der Waals surface area contributed by atoms with E-state index in [2.05, 4.69) is 48.3 Å². The van der Waals surface area contributed by atoms with Gasteiger partial charge in [-0.05, 0) is 54.9 Å². The molecule has 1 N–H and O–H groups in total. The van der Waals surface area contributed by atoms with Crippen LogP contribution in [0.2, 0.25) is 0 Å². The molecule has 0 unspecified atom stereocenters. The van der Waals surface area contributed by atoms with E-state index in [1.807, 2.05) is 6.07 Å². The van der Waals surface area contributed by atoms with Gasteiger partial charge in [0.05, 0.1) is 0 Å². The summed E-state index contributed by atoms with van der Waals surface area (Å²) < 4.78 is 13.1. The fourth-order valence-electron chi connectivity index (χ4n) is 2.47. The van der Waals surface area contributed by atoms with Gasteiger partial charge >= 0.3 is 0 Å². The fraction of sp³-hybridized carbons (Fsp3) is 0.368. The molecule has 2 aromatic carbocycles. The van der Waals surface area contributed by atoms with Crippen molar-refractivity contribution in [3.8, 4) is 0 Å². The first-order chi connectivity index (χ1) is 10.7. The second-order valence-electron chi connectivity index (χ2n) is 5.46. The van der Waals surface area contributed by atoms with Gasteiger partial charge in [0, 0.05) is 18.8 Å². The largest absolute Gasteiger partial charge is 0.381 e. The first kappa shape index (κ1) is 16.5. The van der Waals surface area contributed by atoms with Crippen LogP contribution in [0.5, 0.6) is 0 Å².